The predicted molar refractivity (Wildman–Crippen MR) is 75.2 cm³/mol. The molecule has 0 saturated heterocycles. The Morgan fingerprint density at radius 1 is 1.26 bits per heavy atom. The lowest BCUT2D eigenvalue weighted by Gasteiger charge is -2.07. The molecule has 19 heavy (non-hydrogen) atoms. The summed E-state index contributed by atoms with van der Waals surface area (Å²) in [6.07, 6.45) is 5.90. The molecular formula is C14H16N4O. The van der Waals surface area contributed by atoms with Crippen molar-refractivity contribution in [3.8, 4) is 0 Å². The third kappa shape index (κ3) is 3.77. The Morgan fingerprint density at radius 2 is 2.16 bits per heavy atom. The molecule has 0 radical (unpaired) electrons. The number of rotatable bonds is 5. The number of hydrogen-bond donors (Lipinski definition) is 2. The third-order valence-corrected chi connectivity index (χ3v) is 2.49. The van der Waals surface area contributed by atoms with Crippen LogP contribution in [0.4, 0.5) is 11.4 Å². The first-order valence-corrected chi connectivity index (χ1v) is 6.21. The Hall–Kier alpha value is -2.43. The summed E-state index contributed by atoms with van der Waals surface area (Å²) in [5.41, 5.74) is 1.93. The second-order valence-electron chi connectivity index (χ2n) is 4.05. The van der Waals surface area contributed by atoms with E-state index >= 15 is 0 Å². The number of hydrogen-bond acceptors (Lipinski definition) is 4. The van der Waals surface area contributed by atoms with Crippen LogP contribution >= 0.6 is 0 Å². The van der Waals surface area contributed by atoms with E-state index < -0.39 is 0 Å². The highest BCUT2D eigenvalue weighted by Crippen LogP contribution is 2.10. The van der Waals surface area contributed by atoms with Gasteiger partial charge >= 0.3 is 0 Å². The molecule has 2 aromatic heterocycles. The fourth-order valence-corrected chi connectivity index (χ4v) is 1.57. The molecule has 0 unspecified atom stereocenters. The van der Waals surface area contributed by atoms with Gasteiger partial charge in [-0.05, 0) is 30.7 Å². The van der Waals surface area contributed by atoms with E-state index in [-0.39, 0.29) is 5.91 Å². The van der Waals surface area contributed by atoms with Crippen molar-refractivity contribution in [2.45, 2.75) is 13.3 Å². The highest BCUT2D eigenvalue weighted by Gasteiger charge is 2.08. The van der Waals surface area contributed by atoms with Gasteiger partial charge in [0.1, 0.15) is 5.69 Å². The number of pyridine rings is 2. The summed E-state index contributed by atoms with van der Waals surface area (Å²) in [5, 5.41) is 5.97. The lowest BCUT2D eigenvalue weighted by Crippen LogP contribution is -2.14. The maximum absolute atomic E-state index is 12.0. The van der Waals surface area contributed by atoms with Crippen LogP contribution in [-0.2, 0) is 0 Å². The van der Waals surface area contributed by atoms with Crippen molar-refractivity contribution < 1.29 is 4.79 Å². The van der Waals surface area contributed by atoms with Crippen molar-refractivity contribution >= 4 is 17.3 Å². The highest BCUT2D eigenvalue weighted by atomic mass is 16.1. The zero-order chi connectivity index (χ0) is 13.5. The quantitative estimate of drug-likeness (QED) is 0.862. The van der Waals surface area contributed by atoms with Gasteiger partial charge < -0.3 is 10.6 Å². The van der Waals surface area contributed by atoms with Crippen LogP contribution in [0.3, 0.4) is 0 Å². The SMILES string of the molecule is CCCNc1ccnc(C(=O)Nc2cccnc2)c1. The average Bonchev–Trinajstić information content (AvgIpc) is 2.46. The zero-order valence-electron chi connectivity index (χ0n) is 10.8. The third-order valence-electron chi connectivity index (χ3n) is 2.49. The van der Waals surface area contributed by atoms with Crippen LogP contribution in [0, 0.1) is 0 Å². The van der Waals surface area contributed by atoms with E-state index in [1.54, 1.807) is 36.8 Å². The molecule has 0 aliphatic heterocycles. The van der Waals surface area contributed by atoms with Crippen LogP contribution in [0.25, 0.3) is 0 Å². The predicted octanol–water partition coefficient (Wildman–Crippen LogP) is 2.55. The summed E-state index contributed by atoms with van der Waals surface area (Å²) in [6.45, 7) is 2.96. The first kappa shape index (κ1) is 13.0. The molecule has 0 saturated carbocycles. The molecule has 1 amide bonds. The van der Waals surface area contributed by atoms with Crippen molar-refractivity contribution in [1.29, 1.82) is 0 Å². The minimum atomic E-state index is -0.242. The fraction of sp³-hybridized carbons (Fsp3) is 0.214. The zero-order valence-corrected chi connectivity index (χ0v) is 10.8. The summed E-state index contributed by atoms with van der Waals surface area (Å²) < 4.78 is 0. The molecule has 0 bridgehead atoms. The van der Waals surface area contributed by atoms with Gasteiger partial charge in [0, 0.05) is 24.6 Å². The van der Waals surface area contributed by atoms with Crippen LogP contribution in [-0.4, -0.2) is 22.4 Å². The average molecular weight is 256 g/mol. The molecule has 2 heterocycles. The molecule has 5 nitrogen and oxygen atoms in total. The minimum absolute atomic E-state index is 0.242. The van der Waals surface area contributed by atoms with Gasteiger partial charge in [0.05, 0.1) is 11.9 Å². The highest BCUT2D eigenvalue weighted by molar-refractivity contribution is 6.03. The molecule has 0 aliphatic rings. The number of anilines is 2. The van der Waals surface area contributed by atoms with Crippen LogP contribution in [0.5, 0.6) is 0 Å². The molecule has 2 N–H and O–H groups in total. The summed E-state index contributed by atoms with van der Waals surface area (Å²) in [5.74, 6) is -0.242. The molecular weight excluding hydrogens is 240 g/mol. The van der Waals surface area contributed by atoms with Crippen molar-refractivity contribution in [2.24, 2.45) is 0 Å². The minimum Gasteiger partial charge on any atom is -0.385 e. The summed E-state index contributed by atoms with van der Waals surface area (Å²) in [7, 11) is 0. The Morgan fingerprint density at radius 3 is 2.89 bits per heavy atom. The number of aromatic nitrogens is 2. The molecule has 0 aromatic carbocycles. The molecule has 0 atom stereocenters. The first-order chi connectivity index (χ1) is 9.29. The second-order valence-corrected chi connectivity index (χ2v) is 4.05. The Kier molecular flexibility index (Phi) is 4.44. The number of nitrogens with zero attached hydrogens (tertiary/aromatic N) is 2. The van der Waals surface area contributed by atoms with Gasteiger partial charge in [-0.2, -0.15) is 0 Å². The molecule has 0 spiro atoms. The summed E-state index contributed by atoms with van der Waals surface area (Å²) in [4.78, 5) is 20.0. The number of amides is 1. The lowest BCUT2D eigenvalue weighted by molar-refractivity contribution is 0.102. The lowest BCUT2D eigenvalue weighted by atomic mass is 10.3. The molecule has 0 aliphatic carbocycles. The van der Waals surface area contributed by atoms with E-state index in [1.165, 1.54) is 0 Å². The van der Waals surface area contributed by atoms with E-state index in [1.807, 2.05) is 6.07 Å². The van der Waals surface area contributed by atoms with Crippen molar-refractivity contribution in [3.63, 3.8) is 0 Å². The summed E-state index contributed by atoms with van der Waals surface area (Å²) in [6, 6.07) is 7.13. The van der Waals surface area contributed by atoms with Gasteiger partial charge in [-0.1, -0.05) is 6.92 Å². The van der Waals surface area contributed by atoms with Crippen LogP contribution < -0.4 is 10.6 Å². The van der Waals surface area contributed by atoms with Gasteiger partial charge in [0.15, 0.2) is 0 Å². The largest absolute Gasteiger partial charge is 0.385 e. The molecule has 98 valence electrons. The van der Waals surface area contributed by atoms with E-state index in [4.69, 9.17) is 0 Å². The second kappa shape index (κ2) is 6.49. The smallest absolute Gasteiger partial charge is 0.274 e. The van der Waals surface area contributed by atoms with Gasteiger partial charge in [0.2, 0.25) is 0 Å². The number of nitrogens with one attached hydrogen (secondary N) is 2. The molecule has 2 rings (SSSR count). The van der Waals surface area contributed by atoms with Crippen molar-refractivity contribution in [3.05, 3.63) is 48.5 Å². The van der Waals surface area contributed by atoms with Gasteiger partial charge in [-0.3, -0.25) is 14.8 Å². The van der Waals surface area contributed by atoms with E-state index in [0.29, 0.717) is 11.4 Å². The number of carbonyl (C=O) groups excluding carboxylic acids is 1. The van der Waals surface area contributed by atoms with E-state index in [0.717, 1.165) is 18.7 Å². The van der Waals surface area contributed by atoms with E-state index in [2.05, 4.69) is 27.5 Å². The van der Waals surface area contributed by atoms with E-state index in [9.17, 15) is 4.79 Å². The Bertz CT molecular complexity index is 542. The van der Waals surface area contributed by atoms with Crippen molar-refractivity contribution in [2.75, 3.05) is 17.2 Å². The van der Waals surface area contributed by atoms with Crippen LogP contribution in [0.2, 0.25) is 0 Å². The molecule has 2 aromatic rings. The van der Waals surface area contributed by atoms with Gasteiger partial charge in [-0.15, -0.1) is 0 Å². The standard InChI is InChI=1S/C14H16N4O/c1-2-6-16-11-5-8-17-13(9-11)14(19)18-12-4-3-7-15-10-12/h3-5,7-10H,2,6H2,1H3,(H,16,17)(H,18,19). The van der Waals surface area contributed by atoms with Gasteiger partial charge in [-0.25, -0.2) is 0 Å². The maximum Gasteiger partial charge on any atom is 0.274 e. The van der Waals surface area contributed by atoms with Crippen LogP contribution in [0.1, 0.15) is 23.8 Å². The van der Waals surface area contributed by atoms with Crippen molar-refractivity contribution in [1.82, 2.24) is 9.97 Å². The first-order valence-electron chi connectivity index (χ1n) is 6.21. The van der Waals surface area contributed by atoms with Crippen LogP contribution in [0.15, 0.2) is 42.9 Å². The molecule has 5 heteroatoms. The monoisotopic (exact) mass is 256 g/mol. The normalized spacial score (nSPS) is 9.95. The topological polar surface area (TPSA) is 66.9 Å². The Labute approximate surface area is 112 Å². The maximum atomic E-state index is 12.0. The molecule has 0 fully saturated rings. The Balaban J connectivity index is 2.06. The summed E-state index contributed by atoms with van der Waals surface area (Å²) >= 11 is 0. The fourth-order valence-electron chi connectivity index (χ4n) is 1.57. The van der Waals surface area contributed by atoms with Gasteiger partial charge in [0.25, 0.3) is 5.91 Å². The number of carbonyl (C=O) groups is 1.